The summed E-state index contributed by atoms with van der Waals surface area (Å²) >= 11 is 0. The Balaban J connectivity index is 1.50. The van der Waals surface area contributed by atoms with Crippen LogP contribution in [-0.2, 0) is 19.1 Å². The average molecular weight is 611 g/mol. The minimum absolute atomic E-state index is 0.0469. The molecule has 0 spiro atoms. The van der Waals surface area contributed by atoms with E-state index in [1.807, 2.05) is 97.9 Å². The van der Waals surface area contributed by atoms with Crippen LogP contribution < -0.4 is 18.9 Å². The van der Waals surface area contributed by atoms with Crippen LogP contribution in [0.1, 0.15) is 19.4 Å². The van der Waals surface area contributed by atoms with Crippen molar-refractivity contribution in [3.8, 4) is 23.0 Å². The molecule has 8 nitrogen and oxygen atoms in total. The van der Waals surface area contributed by atoms with Crippen molar-refractivity contribution in [2.24, 2.45) is 0 Å². The largest absolute Gasteiger partial charge is 0.490 e. The van der Waals surface area contributed by atoms with E-state index in [1.54, 1.807) is 13.8 Å². The molecule has 0 radical (unpaired) electrons. The molecule has 4 aromatic rings. The van der Waals surface area contributed by atoms with Gasteiger partial charge in [-0.3, -0.25) is 0 Å². The molecule has 0 aliphatic rings. The first kappa shape index (κ1) is 32.7. The van der Waals surface area contributed by atoms with E-state index in [9.17, 15) is 9.59 Å². The fourth-order valence-corrected chi connectivity index (χ4v) is 4.27. The summed E-state index contributed by atoms with van der Waals surface area (Å²) < 4.78 is 35.5. The molecule has 0 aliphatic heterocycles. The van der Waals surface area contributed by atoms with Gasteiger partial charge in [-0.25, -0.2) is 9.59 Å². The zero-order chi connectivity index (χ0) is 32.2. The Labute approximate surface area is 263 Å². The summed E-state index contributed by atoms with van der Waals surface area (Å²) in [5, 5.41) is 1.60. The molecule has 0 N–H and O–H groups in total. The van der Waals surface area contributed by atoms with Crippen molar-refractivity contribution in [3.05, 3.63) is 121 Å². The average Bonchev–Trinajstić information content (AvgIpc) is 3.04. The number of esters is 2. The highest BCUT2D eigenvalue weighted by Crippen LogP contribution is 2.37. The third-order valence-corrected chi connectivity index (χ3v) is 6.58. The van der Waals surface area contributed by atoms with E-state index >= 15 is 0 Å². The minimum Gasteiger partial charge on any atom is -0.490 e. The van der Waals surface area contributed by atoms with Crippen LogP contribution >= 0.6 is 0 Å². The van der Waals surface area contributed by atoms with Gasteiger partial charge in [-0.1, -0.05) is 73.8 Å². The molecule has 4 aromatic carbocycles. The van der Waals surface area contributed by atoms with Crippen LogP contribution in [0.3, 0.4) is 0 Å². The third-order valence-electron chi connectivity index (χ3n) is 6.58. The third kappa shape index (κ3) is 9.63. The van der Waals surface area contributed by atoms with Gasteiger partial charge in [0.2, 0.25) is 0 Å². The zero-order valence-electron chi connectivity index (χ0n) is 25.8. The Hall–Kier alpha value is -5.24. The first-order valence-electron chi connectivity index (χ1n) is 14.6. The van der Waals surface area contributed by atoms with E-state index in [4.69, 9.17) is 28.4 Å². The summed E-state index contributed by atoms with van der Waals surface area (Å²) in [6.07, 6.45) is -1.39. The topological polar surface area (TPSA) is 89.5 Å². The maximum absolute atomic E-state index is 12.4. The second-order valence-corrected chi connectivity index (χ2v) is 10.6. The number of para-hydroxylation sites is 2. The summed E-state index contributed by atoms with van der Waals surface area (Å²) in [6.45, 7) is 12.7. The Morgan fingerprint density at radius 2 is 1.02 bits per heavy atom. The van der Waals surface area contributed by atoms with Gasteiger partial charge in [-0.15, -0.1) is 0 Å². The number of rotatable bonds is 16. The molecule has 2 atom stereocenters. The van der Waals surface area contributed by atoms with E-state index in [1.165, 1.54) is 0 Å². The van der Waals surface area contributed by atoms with Gasteiger partial charge in [0, 0.05) is 21.9 Å². The summed E-state index contributed by atoms with van der Waals surface area (Å²) in [4.78, 5) is 24.7. The Morgan fingerprint density at radius 1 is 0.600 bits per heavy atom. The molecule has 0 amide bonds. The molecule has 0 aliphatic carbocycles. The number of hydrogen-bond acceptors (Lipinski definition) is 8. The van der Waals surface area contributed by atoms with E-state index < -0.39 is 24.1 Å². The van der Waals surface area contributed by atoms with Gasteiger partial charge in [0.05, 0.1) is 0 Å². The van der Waals surface area contributed by atoms with Crippen LogP contribution in [0.25, 0.3) is 10.8 Å². The Kier molecular flexibility index (Phi) is 11.6. The molecule has 4 rings (SSSR count). The van der Waals surface area contributed by atoms with Crippen molar-refractivity contribution in [3.63, 3.8) is 0 Å². The highest BCUT2D eigenvalue weighted by Gasteiger charge is 2.21. The van der Waals surface area contributed by atoms with E-state index in [0.717, 1.165) is 16.3 Å². The molecule has 0 fully saturated rings. The number of carbonyl (C=O) groups is 2. The van der Waals surface area contributed by atoms with Crippen molar-refractivity contribution in [2.45, 2.75) is 33.0 Å². The number of benzene rings is 4. The summed E-state index contributed by atoms with van der Waals surface area (Å²) in [7, 11) is 0. The maximum atomic E-state index is 12.4. The zero-order valence-corrected chi connectivity index (χ0v) is 25.8. The van der Waals surface area contributed by atoms with E-state index in [0.29, 0.717) is 23.0 Å². The van der Waals surface area contributed by atoms with Crippen molar-refractivity contribution in [1.29, 1.82) is 0 Å². The van der Waals surface area contributed by atoms with Crippen molar-refractivity contribution >= 4 is 22.7 Å². The van der Waals surface area contributed by atoms with Gasteiger partial charge < -0.3 is 28.4 Å². The monoisotopic (exact) mass is 610 g/mol. The fourth-order valence-electron chi connectivity index (χ4n) is 4.27. The second-order valence-electron chi connectivity index (χ2n) is 10.6. The standard InChI is InChI=1S/C37H38O8/c1-25(2)36(38)44-30(21-40-28-14-8-6-9-15-28)23-42-34-20-27(5)35(33-19-13-12-18-32(33)34)43-24-31(45-37(39)26(3)4)22-41-29-16-10-7-11-17-29/h6-20,30-31H,1,3,21-24H2,2,4-5H3. The Bertz CT molecular complexity index is 1610. The first-order chi connectivity index (χ1) is 21.7. The van der Waals surface area contributed by atoms with Gasteiger partial charge in [0.1, 0.15) is 49.4 Å². The minimum atomic E-state index is -0.697. The highest BCUT2D eigenvalue weighted by molar-refractivity contribution is 5.94. The van der Waals surface area contributed by atoms with Crippen LogP contribution in [0.5, 0.6) is 23.0 Å². The number of ether oxygens (including phenoxy) is 6. The van der Waals surface area contributed by atoms with Crippen LogP contribution in [0.15, 0.2) is 115 Å². The van der Waals surface area contributed by atoms with Crippen LogP contribution in [0, 0.1) is 6.92 Å². The van der Waals surface area contributed by atoms with Crippen LogP contribution in [-0.4, -0.2) is 50.6 Å². The van der Waals surface area contributed by atoms with Crippen molar-refractivity contribution in [1.82, 2.24) is 0 Å². The smallest absolute Gasteiger partial charge is 0.333 e. The molecule has 0 saturated carbocycles. The molecule has 45 heavy (non-hydrogen) atoms. The van der Waals surface area contributed by atoms with Crippen LogP contribution in [0.4, 0.5) is 0 Å². The molecular formula is C37H38O8. The van der Waals surface area contributed by atoms with E-state index in [-0.39, 0.29) is 37.6 Å². The first-order valence-corrected chi connectivity index (χ1v) is 14.6. The van der Waals surface area contributed by atoms with E-state index in [2.05, 4.69) is 13.2 Å². The lowest BCUT2D eigenvalue weighted by Gasteiger charge is -2.22. The van der Waals surface area contributed by atoms with Gasteiger partial charge >= 0.3 is 11.9 Å². The molecule has 0 aromatic heterocycles. The molecular weight excluding hydrogens is 572 g/mol. The lowest BCUT2D eigenvalue weighted by Crippen LogP contribution is -2.31. The lowest BCUT2D eigenvalue weighted by atomic mass is 10.0. The fraction of sp³-hybridized carbons (Fsp3) is 0.243. The summed E-state index contributed by atoms with van der Waals surface area (Å²) in [5.41, 5.74) is 1.36. The van der Waals surface area contributed by atoms with Gasteiger partial charge in [-0.2, -0.15) is 0 Å². The molecule has 8 heteroatoms. The van der Waals surface area contributed by atoms with Crippen molar-refractivity contribution < 1.29 is 38.0 Å². The molecule has 2 unspecified atom stereocenters. The normalized spacial score (nSPS) is 12.0. The lowest BCUT2D eigenvalue weighted by molar-refractivity contribution is -0.148. The van der Waals surface area contributed by atoms with Crippen LogP contribution in [0.2, 0.25) is 0 Å². The number of hydrogen-bond donors (Lipinski definition) is 0. The molecule has 0 bridgehead atoms. The molecule has 234 valence electrons. The SMILES string of the molecule is C=C(C)C(=O)OC(COc1ccccc1)COc1cc(C)c(OCC(COc2ccccc2)OC(=O)C(=C)C)c2ccccc12. The second kappa shape index (κ2) is 16.0. The quantitative estimate of drug-likeness (QED) is 0.0986. The van der Waals surface area contributed by atoms with Crippen molar-refractivity contribution in [2.75, 3.05) is 26.4 Å². The number of carbonyl (C=O) groups excluding carboxylic acids is 2. The Morgan fingerprint density at radius 3 is 1.51 bits per heavy atom. The highest BCUT2D eigenvalue weighted by atomic mass is 16.6. The van der Waals surface area contributed by atoms with Gasteiger partial charge in [0.25, 0.3) is 0 Å². The predicted octanol–water partition coefficient (Wildman–Crippen LogP) is 7.04. The van der Waals surface area contributed by atoms with Gasteiger partial charge in [0.15, 0.2) is 12.2 Å². The molecule has 0 saturated heterocycles. The predicted molar refractivity (Wildman–Crippen MR) is 173 cm³/mol. The van der Waals surface area contributed by atoms with Gasteiger partial charge in [-0.05, 0) is 56.7 Å². The maximum Gasteiger partial charge on any atom is 0.333 e. The number of fused-ring (bicyclic) bond motifs is 1. The molecule has 0 heterocycles. The number of aryl methyl sites for hydroxylation is 1. The summed E-state index contributed by atoms with van der Waals surface area (Å²) in [6, 6.07) is 28.1. The summed E-state index contributed by atoms with van der Waals surface area (Å²) in [5.74, 6) is 1.46.